The van der Waals surface area contributed by atoms with Crippen LogP contribution in [0, 0.1) is 5.82 Å². The molecule has 0 aromatic heterocycles. The van der Waals surface area contributed by atoms with Gasteiger partial charge in [0, 0.05) is 11.6 Å². The first-order valence-corrected chi connectivity index (χ1v) is 6.22. The van der Waals surface area contributed by atoms with Gasteiger partial charge in [0.1, 0.15) is 12.0 Å². The maximum Gasteiger partial charge on any atom is 0.166 e. The summed E-state index contributed by atoms with van der Waals surface area (Å²) in [6, 6.07) is 6.61. The van der Waals surface area contributed by atoms with E-state index in [1.54, 1.807) is 0 Å². The van der Waals surface area contributed by atoms with Gasteiger partial charge in [-0.25, -0.2) is 4.39 Å². The van der Waals surface area contributed by atoms with E-state index in [2.05, 4.69) is 0 Å². The van der Waals surface area contributed by atoms with Gasteiger partial charge in [-0.15, -0.1) is 0 Å². The predicted molar refractivity (Wildman–Crippen MR) is 73.3 cm³/mol. The second-order valence-corrected chi connectivity index (χ2v) is 4.83. The highest BCUT2D eigenvalue weighted by molar-refractivity contribution is 6.43. The highest BCUT2D eigenvalue weighted by Crippen LogP contribution is 2.37. The Hall–Kier alpha value is -1.29. The summed E-state index contributed by atoms with van der Waals surface area (Å²) in [4.78, 5) is 10.5. The molecule has 0 unspecified atom stereocenters. The lowest BCUT2D eigenvalue weighted by Crippen LogP contribution is -1.91. The van der Waals surface area contributed by atoms with E-state index in [9.17, 15) is 9.18 Å². The van der Waals surface area contributed by atoms with Crippen LogP contribution in [-0.4, -0.2) is 6.29 Å². The smallest absolute Gasteiger partial charge is 0.166 e. The molecule has 0 bridgehead atoms. The van der Waals surface area contributed by atoms with E-state index < -0.39 is 5.82 Å². The summed E-state index contributed by atoms with van der Waals surface area (Å²) in [6.45, 7) is 0. The van der Waals surface area contributed by atoms with Crippen LogP contribution in [0.2, 0.25) is 15.1 Å². The molecule has 0 radical (unpaired) electrons. The van der Waals surface area contributed by atoms with Gasteiger partial charge in [0.15, 0.2) is 11.6 Å². The van der Waals surface area contributed by atoms with Crippen LogP contribution >= 0.6 is 34.8 Å². The van der Waals surface area contributed by atoms with Crippen LogP contribution in [0.4, 0.5) is 4.39 Å². The van der Waals surface area contributed by atoms with Crippen LogP contribution in [0.25, 0.3) is 0 Å². The molecule has 0 aliphatic carbocycles. The highest BCUT2D eigenvalue weighted by Gasteiger charge is 2.11. The molecule has 0 amide bonds. The molecule has 19 heavy (non-hydrogen) atoms. The second-order valence-electron chi connectivity index (χ2n) is 3.61. The molecule has 2 rings (SSSR count). The standard InChI is InChI=1S/C13H6Cl3FO2/c14-8-4-10(16)13(5-9(8)15)19-12-2-1-7(6-18)3-11(12)17/h1-6H. The topological polar surface area (TPSA) is 26.3 Å². The van der Waals surface area contributed by atoms with Crippen molar-refractivity contribution in [3.8, 4) is 11.5 Å². The zero-order valence-corrected chi connectivity index (χ0v) is 11.6. The number of benzene rings is 2. The SMILES string of the molecule is O=Cc1ccc(Oc2cc(Cl)c(Cl)cc2Cl)c(F)c1. The summed E-state index contributed by atoms with van der Waals surface area (Å²) in [5, 5.41) is 0.718. The largest absolute Gasteiger partial charge is 0.453 e. The van der Waals surface area contributed by atoms with Gasteiger partial charge >= 0.3 is 0 Å². The first-order chi connectivity index (χ1) is 9.01. The van der Waals surface area contributed by atoms with E-state index in [4.69, 9.17) is 39.5 Å². The number of aldehydes is 1. The third-order valence-corrected chi connectivity index (χ3v) is 3.30. The number of hydrogen-bond acceptors (Lipinski definition) is 2. The van der Waals surface area contributed by atoms with Crippen molar-refractivity contribution in [3.63, 3.8) is 0 Å². The van der Waals surface area contributed by atoms with E-state index in [1.807, 2.05) is 0 Å². The maximum absolute atomic E-state index is 13.6. The van der Waals surface area contributed by atoms with Crippen molar-refractivity contribution in [1.29, 1.82) is 0 Å². The van der Waals surface area contributed by atoms with Crippen molar-refractivity contribution in [2.45, 2.75) is 0 Å². The summed E-state index contributed by atoms with van der Waals surface area (Å²) in [5.74, 6) is -0.563. The average molecular weight is 320 g/mol. The van der Waals surface area contributed by atoms with Crippen molar-refractivity contribution in [1.82, 2.24) is 0 Å². The molecule has 0 atom stereocenters. The Balaban J connectivity index is 2.36. The third-order valence-electron chi connectivity index (χ3n) is 2.29. The molecule has 98 valence electrons. The molecule has 2 aromatic carbocycles. The summed E-state index contributed by atoms with van der Waals surface area (Å²) < 4.78 is 19.0. The Morgan fingerprint density at radius 1 is 0.947 bits per heavy atom. The van der Waals surface area contributed by atoms with Gasteiger partial charge < -0.3 is 4.74 Å². The Bertz CT molecular complexity index is 644. The number of halogens is 4. The van der Waals surface area contributed by atoms with E-state index in [0.717, 1.165) is 6.07 Å². The normalized spacial score (nSPS) is 10.3. The van der Waals surface area contributed by atoms with Gasteiger partial charge in [0.25, 0.3) is 0 Å². The van der Waals surface area contributed by atoms with E-state index in [1.165, 1.54) is 24.3 Å². The molecule has 0 saturated heterocycles. The molecule has 6 heteroatoms. The minimum Gasteiger partial charge on any atom is -0.453 e. The van der Waals surface area contributed by atoms with Crippen LogP contribution in [0.1, 0.15) is 10.4 Å². The second kappa shape index (κ2) is 5.78. The van der Waals surface area contributed by atoms with E-state index in [-0.39, 0.29) is 32.1 Å². The molecule has 0 spiro atoms. The first kappa shape index (κ1) is 14.1. The first-order valence-electron chi connectivity index (χ1n) is 5.08. The Morgan fingerprint density at radius 3 is 2.26 bits per heavy atom. The zero-order chi connectivity index (χ0) is 14.0. The van der Waals surface area contributed by atoms with Gasteiger partial charge in [-0.1, -0.05) is 34.8 Å². The van der Waals surface area contributed by atoms with Crippen molar-refractivity contribution in [3.05, 3.63) is 56.8 Å². The number of carbonyl (C=O) groups excluding carboxylic acids is 1. The molecule has 0 aliphatic heterocycles. The van der Waals surface area contributed by atoms with Crippen molar-refractivity contribution in [2.24, 2.45) is 0 Å². The van der Waals surface area contributed by atoms with Gasteiger partial charge in [-0.2, -0.15) is 0 Å². The van der Waals surface area contributed by atoms with E-state index in [0.29, 0.717) is 6.29 Å². The minimum absolute atomic E-state index is 0.0640. The number of carbonyl (C=O) groups is 1. The number of rotatable bonds is 3. The van der Waals surface area contributed by atoms with Gasteiger partial charge in [0.05, 0.1) is 15.1 Å². The minimum atomic E-state index is -0.674. The number of hydrogen-bond donors (Lipinski definition) is 0. The monoisotopic (exact) mass is 318 g/mol. The Morgan fingerprint density at radius 2 is 1.63 bits per heavy atom. The van der Waals surface area contributed by atoms with Gasteiger partial charge in [-0.3, -0.25) is 4.79 Å². The lowest BCUT2D eigenvalue weighted by molar-refractivity contribution is 0.112. The summed E-state index contributed by atoms with van der Waals surface area (Å²) in [7, 11) is 0. The zero-order valence-electron chi connectivity index (χ0n) is 9.29. The van der Waals surface area contributed by atoms with Crippen LogP contribution in [0.5, 0.6) is 11.5 Å². The van der Waals surface area contributed by atoms with Crippen LogP contribution in [0.3, 0.4) is 0 Å². The van der Waals surface area contributed by atoms with Gasteiger partial charge in [0.2, 0.25) is 0 Å². The lowest BCUT2D eigenvalue weighted by Gasteiger charge is -2.09. The van der Waals surface area contributed by atoms with Crippen LogP contribution in [0.15, 0.2) is 30.3 Å². The molecule has 0 N–H and O–H groups in total. The molecule has 0 aliphatic rings. The van der Waals surface area contributed by atoms with Crippen molar-refractivity contribution < 1.29 is 13.9 Å². The molecule has 0 heterocycles. The number of ether oxygens (including phenoxy) is 1. The Labute approximate surface area is 123 Å². The molecule has 2 aromatic rings. The van der Waals surface area contributed by atoms with Crippen molar-refractivity contribution in [2.75, 3.05) is 0 Å². The summed E-state index contributed by atoms with van der Waals surface area (Å²) in [5.41, 5.74) is 0.213. The highest BCUT2D eigenvalue weighted by atomic mass is 35.5. The van der Waals surface area contributed by atoms with E-state index >= 15 is 0 Å². The predicted octanol–water partition coefficient (Wildman–Crippen LogP) is 5.39. The summed E-state index contributed by atoms with van der Waals surface area (Å²) >= 11 is 17.5. The van der Waals surface area contributed by atoms with Gasteiger partial charge in [-0.05, 0) is 24.3 Å². The fourth-order valence-electron chi connectivity index (χ4n) is 1.37. The molecular formula is C13H6Cl3FO2. The molecule has 0 saturated carbocycles. The van der Waals surface area contributed by atoms with Crippen LogP contribution < -0.4 is 4.74 Å². The summed E-state index contributed by atoms with van der Waals surface area (Å²) in [6.07, 6.45) is 0.541. The molecular weight excluding hydrogens is 313 g/mol. The third kappa shape index (κ3) is 3.18. The maximum atomic E-state index is 13.6. The molecule has 2 nitrogen and oxygen atoms in total. The average Bonchev–Trinajstić information content (AvgIpc) is 2.38. The lowest BCUT2D eigenvalue weighted by atomic mass is 10.2. The van der Waals surface area contributed by atoms with Crippen LogP contribution in [-0.2, 0) is 0 Å². The molecule has 0 fully saturated rings. The Kier molecular flexibility index (Phi) is 4.30. The fourth-order valence-corrected chi connectivity index (χ4v) is 1.95. The fraction of sp³-hybridized carbons (Fsp3) is 0. The quantitative estimate of drug-likeness (QED) is 0.560. The van der Waals surface area contributed by atoms with Crippen molar-refractivity contribution >= 4 is 41.1 Å².